The van der Waals surface area contributed by atoms with E-state index in [0.29, 0.717) is 13.1 Å². The molecule has 2 fully saturated rings. The summed E-state index contributed by atoms with van der Waals surface area (Å²) < 4.78 is 201. The SMILES string of the molecule is CS(=O)(=O)N1CCN(S(=O)(=O)N(Cc2ccc(-c3nnc(C(F)F)o3)cc2F)c2cccc(F)c2)CC1.Cl.O=S(=O)(N1CCNCC1)N(Cc1ccc(-c2nnc(C(F)F)o2)cc1F)c1cccc(F)c1. The van der Waals surface area contributed by atoms with Crippen LogP contribution in [-0.2, 0) is 43.5 Å². The van der Waals surface area contributed by atoms with Crippen molar-refractivity contribution in [2.24, 2.45) is 0 Å². The molecule has 2 aromatic heterocycles. The van der Waals surface area contributed by atoms with Gasteiger partial charge in [0.1, 0.15) is 23.3 Å². The molecule has 0 bridgehead atoms. The fourth-order valence-electron chi connectivity index (χ4n) is 7.07. The molecule has 71 heavy (non-hydrogen) atoms. The van der Waals surface area contributed by atoms with Gasteiger partial charge in [-0.25, -0.2) is 26.0 Å². The van der Waals surface area contributed by atoms with Crippen LogP contribution in [0.15, 0.2) is 93.8 Å². The maximum atomic E-state index is 15.0. The van der Waals surface area contributed by atoms with E-state index in [1.807, 2.05) is 0 Å². The second-order valence-corrected chi connectivity index (χ2v) is 21.0. The maximum absolute atomic E-state index is 15.0. The largest absolute Gasteiger partial charge is 0.415 e. The van der Waals surface area contributed by atoms with Crippen LogP contribution in [0.4, 0.5) is 46.5 Å². The first kappa shape index (κ1) is 54.5. The average Bonchev–Trinajstić information content (AvgIpc) is 4.03. The van der Waals surface area contributed by atoms with Gasteiger partial charge < -0.3 is 14.2 Å². The summed E-state index contributed by atoms with van der Waals surface area (Å²) in [6, 6.07) is 16.8. The van der Waals surface area contributed by atoms with Gasteiger partial charge in [0.2, 0.25) is 21.8 Å². The van der Waals surface area contributed by atoms with E-state index in [1.54, 1.807) is 0 Å². The summed E-state index contributed by atoms with van der Waals surface area (Å²) in [7, 11) is -12.0. The summed E-state index contributed by atoms with van der Waals surface area (Å²) in [6.45, 7) is -0.138. The van der Waals surface area contributed by atoms with Crippen LogP contribution in [0.2, 0.25) is 0 Å². The number of nitrogens with one attached hydrogen (secondary N) is 1. The van der Waals surface area contributed by atoms with E-state index in [1.165, 1.54) is 58.9 Å². The van der Waals surface area contributed by atoms with Crippen molar-refractivity contribution in [3.8, 4) is 22.9 Å². The highest BCUT2D eigenvalue weighted by Crippen LogP contribution is 2.31. The van der Waals surface area contributed by atoms with Gasteiger partial charge in [0.25, 0.3) is 11.8 Å². The first-order valence-electron chi connectivity index (χ1n) is 20.6. The van der Waals surface area contributed by atoms with Crippen LogP contribution in [0, 0.1) is 23.3 Å². The van der Waals surface area contributed by atoms with Crippen molar-refractivity contribution in [1.29, 1.82) is 0 Å². The average molecular weight is 1090 g/mol. The Kier molecular flexibility index (Phi) is 17.4. The predicted molar refractivity (Wildman–Crippen MR) is 242 cm³/mol. The molecule has 18 nitrogen and oxygen atoms in total. The summed E-state index contributed by atoms with van der Waals surface area (Å²) in [5, 5.41) is 16.4. The molecule has 0 aliphatic carbocycles. The van der Waals surface area contributed by atoms with Gasteiger partial charge in [-0.05, 0) is 60.7 Å². The maximum Gasteiger partial charge on any atom is 0.314 e. The van der Waals surface area contributed by atoms with Crippen molar-refractivity contribution in [3.63, 3.8) is 0 Å². The van der Waals surface area contributed by atoms with Crippen molar-refractivity contribution < 1.29 is 69.2 Å². The van der Waals surface area contributed by atoms with Crippen molar-refractivity contribution in [1.82, 2.24) is 38.6 Å². The molecule has 0 saturated carbocycles. The van der Waals surface area contributed by atoms with Gasteiger partial charge >= 0.3 is 33.3 Å². The van der Waals surface area contributed by atoms with Crippen LogP contribution in [0.25, 0.3) is 22.9 Å². The number of hydrogen-bond acceptors (Lipinski definition) is 13. The van der Waals surface area contributed by atoms with Crippen LogP contribution < -0.4 is 13.9 Å². The van der Waals surface area contributed by atoms with E-state index >= 15 is 4.39 Å². The number of sulfonamides is 1. The third-order valence-electron chi connectivity index (χ3n) is 10.6. The van der Waals surface area contributed by atoms with E-state index in [2.05, 4.69) is 25.7 Å². The highest BCUT2D eigenvalue weighted by atomic mass is 35.5. The van der Waals surface area contributed by atoms with Gasteiger partial charge in [0, 0.05) is 74.6 Å². The van der Waals surface area contributed by atoms with Gasteiger partial charge in [0.05, 0.1) is 30.7 Å². The topological polar surface area (TPSA) is 208 Å². The van der Waals surface area contributed by atoms with Crippen LogP contribution in [-0.4, -0.2) is 117 Å². The quantitative estimate of drug-likeness (QED) is 0.112. The summed E-state index contributed by atoms with van der Waals surface area (Å²) in [6.07, 6.45) is -4.95. The molecule has 0 radical (unpaired) electrons. The van der Waals surface area contributed by atoms with Crippen LogP contribution in [0.1, 0.15) is 35.8 Å². The molecule has 0 atom stereocenters. The lowest BCUT2D eigenvalue weighted by Crippen LogP contribution is -2.54. The van der Waals surface area contributed by atoms with Gasteiger partial charge in [-0.15, -0.1) is 32.8 Å². The standard InChI is InChI=1S/C21H21F4N5O5S2.C20H19F4N5O3S.ClH/c1-36(31,32)28-7-9-29(10-8-28)37(33,34)30(17-4-2-3-16(22)12-17)13-15-6-5-14(11-18(15)23)20-26-27-21(35-20)19(24)25;21-15-2-1-3-16(11-15)29(33(30,31)28-8-6-25-7-9-28)12-14-5-4-13(10-17(14)22)19-26-27-20(32-19)18(23)24;/h2-6,11-12,19H,7-10,13H2,1H3;1-5,10-11,18,25H,6-9,12H2;1H. The van der Waals surface area contributed by atoms with E-state index in [-0.39, 0.29) is 97.1 Å². The van der Waals surface area contributed by atoms with E-state index in [4.69, 9.17) is 8.83 Å². The molecule has 4 heterocycles. The Labute approximate surface area is 407 Å². The molecule has 8 rings (SSSR count). The van der Waals surface area contributed by atoms with Crippen molar-refractivity contribution in [3.05, 3.63) is 131 Å². The molecule has 0 unspecified atom stereocenters. The smallest absolute Gasteiger partial charge is 0.314 e. The zero-order valence-electron chi connectivity index (χ0n) is 36.8. The summed E-state index contributed by atoms with van der Waals surface area (Å²) in [4.78, 5) is 0. The van der Waals surface area contributed by atoms with Gasteiger partial charge in [0.15, 0.2) is 0 Å². The minimum absolute atomic E-state index is 0. The highest BCUT2D eigenvalue weighted by molar-refractivity contribution is 7.90. The van der Waals surface area contributed by atoms with Crippen molar-refractivity contribution in [2.45, 2.75) is 25.9 Å². The summed E-state index contributed by atoms with van der Waals surface area (Å²) >= 11 is 0. The van der Waals surface area contributed by atoms with E-state index < -0.39 is 91.4 Å². The second kappa shape index (κ2) is 22.7. The Hall–Kier alpha value is -5.82. The van der Waals surface area contributed by atoms with E-state index in [9.17, 15) is 56.0 Å². The predicted octanol–water partition coefficient (Wildman–Crippen LogP) is 6.31. The molecule has 384 valence electrons. The van der Waals surface area contributed by atoms with Crippen molar-refractivity contribution in [2.75, 3.05) is 67.2 Å². The number of hydrogen-bond donors (Lipinski definition) is 1. The van der Waals surface area contributed by atoms with Gasteiger partial charge in [-0.3, -0.25) is 8.61 Å². The molecule has 0 spiro atoms. The molecule has 30 heteroatoms. The molecule has 1 N–H and O–H groups in total. The number of piperazine rings is 2. The number of rotatable bonds is 15. The monoisotopic (exact) mass is 1080 g/mol. The molecule has 6 aromatic rings. The Morgan fingerprint density at radius 2 is 0.958 bits per heavy atom. The van der Waals surface area contributed by atoms with Gasteiger partial charge in [-0.1, -0.05) is 24.3 Å². The van der Waals surface area contributed by atoms with Crippen LogP contribution >= 0.6 is 12.4 Å². The Bertz CT molecular complexity index is 3150. The number of nitrogens with zero attached hydrogens (tertiary/aromatic N) is 9. The normalized spacial score (nSPS) is 15.3. The molecular formula is C41H41ClF8N10O8S3. The first-order valence-corrected chi connectivity index (χ1v) is 25.3. The third kappa shape index (κ3) is 13.0. The number of benzene rings is 4. The minimum Gasteiger partial charge on any atom is -0.415 e. The highest BCUT2D eigenvalue weighted by Gasteiger charge is 2.36. The fourth-order valence-corrected chi connectivity index (χ4v) is 11.1. The molecular weight excluding hydrogens is 1040 g/mol. The van der Waals surface area contributed by atoms with Crippen LogP contribution in [0.5, 0.6) is 0 Å². The van der Waals surface area contributed by atoms with E-state index in [0.717, 1.165) is 53.8 Å². The molecule has 4 aromatic carbocycles. The minimum atomic E-state index is -4.36. The summed E-state index contributed by atoms with van der Waals surface area (Å²) in [5.74, 6) is -5.55. The fraction of sp³-hybridized carbons (Fsp3) is 0.317. The Morgan fingerprint density at radius 1 is 0.563 bits per heavy atom. The lowest BCUT2D eigenvalue weighted by Gasteiger charge is -2.36. The Morgan fingerprint density at radius 3 is 1.31 bits per heavy atom. The zero-order valence-corrected chi connectivity index (χ0v) is 40.0. The van der Waals surface area contributed by atoms with Crippen molar-refractivity contribution >= 4 is 54.2 Å². The molecule has 0 amide bonds. The number of alkyl halides is 4. The number of halogens is 9. The lowest BCUT2D eigenvalue weighted by molar-refractivity contribution is 0.115. The lowest BCUT2D eigenvalue weighted by atomic mass is 10.1. The molecule has 2 aliphatic rings. The number of aromatic nitrogens is 4. The number of anilines is 2. The van der Waals surface area contributed by atoms with Gasteiger partial charge in [-0.2, -0.15) is 47.3 Å². The van der Waals surface area contributed by atoms with Crippen LogP contribution in [0.3, 0.4) is 0 Å². The Balaban J connectivity index is 0.000000231. The third-order valence-corrected chi connectivity index (χ3v) is 15.8. The second-order valence-electron chi connectivity index (χ2n) is 15.3. The summed E-state index contributed by atoms with van der Waals surface area (Å²) in [5.41, 5.74) is -0.117. The zero-order chi connectivity index (χ0) is 50.5. The molecule has 2 aliphatic heterocycles. The molecule has 2 saturated heterocycles. The first-order chi connectivity index (χ1) is 33.1.